The summed E-state index contributed by atoms with van der Waals surface area (Å²) < 4.78 is 181. The van der Waals surface area contributed by atoms with E-state index in [-0.39, 0.29) is 88.6 Å². The smallest absolute Gasteiger partial charge is 0.303 e. The summed E-state index contributed by atoms with van der Waals surface area (Å²) in [6.07, 6.45) is -30.8. The summed E-state index contributed by atoms with van der Waals surface area (Å²) in [5, 5.41) is 34.3. The molecule has 0 aliphatic carbocycles. The van der Waals surface area contributed by atoms with Crippen LogP contribution in [0.15, 0.2) is 24.8 Å². The van der Waals surface area contributed by atoms with Gasteiger partial charge in [-0.3, -0.25) is 76.7 Å². The minimum absolute atomic E-state index is 0.0865. The molecule has 141 heavy (non-hydrogen) atoms. The second-order valence-corrected chi connectivity index (χ2v) is 31.8. The molecular weight excluding hydrogens is 1900 g/mol. The summed E-state index contributed by atoms with van der Waals surface area (Å²) in [5.41, 5.74) is 0.658. The van der Waals surface area contributed by atoms with Gasteiger partial charge < -0.3 is 142 Å². The number of hydrogen-bond acceptors (Lipinski definition) is 54. The number of nitrogens with zero attached hydrogens (tertiary/aromatic N) is 12. The molecule has 5 aliphatic heterocycles. The van der Waals surface area contributed by atoms with E-state index in [2.05, 4.69) is 41.2 Å². The first-order valence-electron chi connectivity index (χ1n) is 43.8. The third-order valence-electron chi connectivity index (χ3n) is 20.2. The molecule has 0 N–H and O–H groups in total. The summed E-state index contributed by atoms with van der Waals surface area (Å²) >= 11 is 0. The summed E-state index contributed by atoms with van der Waals surface area (Å²) in [5.74, 6) is -13.4. The summed E-state index contributed by atoms with van der Waals surface area (Å²) in [6, 6.07) is 0. The average molecular weight is 2020 g/mol. The van der Waals surface area contributed by atoms with Crippen LogP contribution in [0, 0.1) is 0 Å². The lowest BCUT2D eigenvalue weighted by molar-refractivity contribution is -0.323. The molecule has 25 atom stereocenters. The van der Waals surface area contributed by atoms with Gasteiger partial charge in [0, 0.05) is 118 Å². The largest absolute Gasteiger partial charge is 0.463 e. The lowest BCUT2D eigenvalue weighted by atomic mass is 9.98. The maximum Gasteiger partial charge on any atom is 0.303 e. The minimum atomic E-state index is -1.57. The monoisotopic (exact) mass is 2010 g/mol. The third-order valence-corrected chi connectivity index (χ3v) is 20.2. The third kappa shape index (κ3) is 35.3. The van der Waals surface area contributed by atoms with Gasteiger partial charge in [-0.25, -0.2) is 18.7 Å². The first-order valence-corrected chi connectivity index (χ1v) is 43.8. The fraction of sp³-hybridized carbons (Fsp3) is 0.711. The fourth-order valence-electron chi connectivity index (χ4n) is 15.0. The Morgan fingerprint density at radius 2 is 0.440 bits per heavy atom. The summed E-state index contributed by atoms with van der Waals surface area (Å²) in [6.45, 7) is 11.4. The van der Waals surface area contributed by atoms with E-state index in [1.807, 2.05) is 0 Å². The molecule has 4 aromatic rings. The molecule has 5 aliphatic rings. The molecule has 0 bridgehead atoms. The van der Waals surface area contributed by atoms with Gasteiger partial charge in [0.2, 0.25) is 0 Å². The number of hydrogen-bond donors (Lipinski definition) is 0. The van der Waals surface area contributed by atoms with Crippen LogP contribution < -0.4 is 0 Å². The Balaban J connectivity index is 1.01. The molecule has 4 aromatic heterocycles. The van der Waals surface area contributed by atoms with Gasteiger partial charge in [-0.2, -0.15) is 0 Å². The molecule has 58 heteroatoms. The predicted octanol–water partition coefficient (Wildman–Crippen LogP) is -2.90. The predicted molar refractivity (Wildman–Crippen MR) is 443 cm³/mol. The fourth-order valence-corrected chi connectivity index (χ4v) is 15.0. The van der Waals surface area contributed by atoms with Crippen LogP contribution >= 0.6 is 0 Å². The van der Waals surface area contributed by atoms with E-state index >= 15 is 0 Å². The molecule has 0 spiro atoms. The van der Waals surface area contributed by atoms with Crippen LogP contribution in [-0.2, 0) is 271 Å². The Morgan fingerprint density at radius 3 is 0.674 bits per heavy atom. The number of rotatable bonds is 50. The van der Waals surface area contributed by atoms with Gasteiger partial charge in [0.15, 0.2) is 105 Å². The zero-order chi connectivity index (χ0) is 103. The van der Waals surface area contributed by atoms with Crippen molar-refractivity contribution in [1.82, 2.24) is 60.0 Å². The van der Waals surface area contributed by atoms with Gasteiger partial charge in [0.1, 0.15) is 98.0 Å². The quantitative estimate of drug-likeness (QED) is 0.0316. The second kappa shape index (κ2) is 54.5. The molecular formula is C83H114N12O46. The van der Waals surface area contributed by atoms with Crippen molar-refractivity contribution in [3.05, 3.63) is 47.6 Å². The van der Waals surface area contributed by atoms with E-state index in [4.69, 9.17) is 142 Å². The van der Waals surface area contributed by atoms with Crippen molar-refractivity contribution in [2.75, 3.05) is 66.6 Å². The highest BCUT2D eigenvalue weighted by Gasteiger charge is 2.58. The van der Waals surface area contributed by atoms with Crippen molar-refractivity contribution in [1.29, 1.82) is 0 Å². The number of carbonyl (C=O) groups excluding carboxylic acids is 16. The van der Waals surface area contributed by atoms with Gasteiger partial charge in [-0.1, -0.05) is 20.9 Å². The van der Waals surface area contributed by atoms with Crippen molar-refractivity contribution in [3.8, 4) is 0 Å². The summed E-state index contributed by atoms with van der Waals surface area (Å²) in [4.78, 5) is 199. The average Bonchev–Trinajstić information content (AvgIpc) is 1.64. The van der Waals surface area contributed by atoms with Gasteiger partial charge >= 0.3 is 95.5 Å². The Morgan fingerprint density at radius 1 is 0.234 bits per heavy atom. The van der Waals surface area contributed by atoms with E-state index < -0.39 is 295 Å². The van der Waals surface area contributed by atoms with Crippen molar-refractivity contribution in [3.63, 3.8) is 0 Å². The number of esters is 16. The topological polar surface area (TPSA) is 673 Å². The number of methoxy groups -OCH3 is 1. The van der Waals surface area contributed by atoms with Gasteiger partial charge in [0.05, 0.1) is 110 Å². The molecule has 58 nitrogen and oxygen atoms in total. The van der Waals surface area contributed by atoms with Gasteiger partial charge in [0.25, 0.3) is 0 Å². The maximum atomic E-state index is 12.7. The van der Waals surface area contributed by atoms with E-state index in [0.29, 0.717) is 0 Å². The van der Waals surface area contributed by atoms with Crippen LogP contribution in [0.25, 0.3) is 0 Å². The zero-order valence-electron chi connectivity index (χ0n) is 79.9. The Bertz CT molecular complexity index is 4890. The van der Waals surface area contributed by atoms with Crippen LogP contribution in [0.5, 0.6) is 0 Å². The molecule has 0 amide bonds. The number of ether oxygens (including phenoxy) is 30. The molecule has 5 fully saturated rings. The molecule has 5 saturated heterocycles. The highest BCUT2D eigenvalue weighted by molar-refractivity contribution is 5.72. The number of carbonyl (C=O) groups is 16. The maximum absolute atomic E-state index is 12.7. The molecule has 9 heterocycles. The standard InChI is InChI=1S/C83H114N12O46/c1-39(96)118-35-60-65(125-43(5)100)70(129-47(9)104)75(133-51(13)108)80(138-60)114-22-18-92-26-55(84-88-92)30-113-34-59-64(122-31-56-27-93(89-85-56)19-23-115-81-76(134-52(14)109)71(130-48(10)105)66(126-44(6)101)61(139-81)36-119-40(2)97)69(123-32-57-28-94(90-86-57)20-24-116-82-77(135-53(15)110)72(131-49(11)106)67(127-45(7)102)62(140-82)37-120-41(3)98)74(79(112-17)137-59)124-33-58-29-95(91-87-58)21-25-117-83-78(136-54(16)111)73(132-50(12)107)68(128-46(8)103)63(141-83)38-121-42(4)99/h26-29,59-83H,18-25,30-38H2,1-17H3/t59-,60-,61-,62-,63-,64-,65-,66-,67-,68-,69+,70+,71+,72+,73+,74-,75+,76+,77+,78+,79+,80+,81+,82+,83+/m1/s1. The molecule has 0 unspecified atom stereocenters. The summed E-state index contributed by atoms with van der Waals surface area (Å²) in [7, 11) is 1.30. The molecule has 0 radical (unpaired) electrons. The second-order valence-electron chi connectivity index (χ2n) is 31.8. The van der Waals surface area contributed by atoms with Crippen LogP contribution in [0.3, 0.4) is 0 Å². The zero-order valence-corrected chi connectivity index (χ0v) is 79.9. The Kier molecular flexibility index (Phi) is 43.3. The van der Waals surface area contributed by atoms with Crippen molar-refractivity contribution >= 4 is 95.5 Å². The molecule has 0 aromatic carbocycles. The Hall–Kier alpha value is -12.5. The Labute approximate surface area is 802 Å². The first kappa shape index (κ1) is 112. The van der Waals surface area contributed by atoms with E-state index in [1.54, 1.807) is 0 Å². The van der Waals surface area contributed by atoms with Crippen LogP contribution in [0.1, 0.15) is 134 Å². The van der Waals surface area contributed by atoms with Crippen LogP contribution in [-0.4, -0.2) is 376 Å². The van der Waals surface area contributed by atoms with Crippen LogP contribution in [0.2, 0.25) is 0 Å². The highest BCUT2D eigenvalue weighted by Crippen LogP contribution is 2.37. The highest BCUT2D eigenvalue weighted by atomic mass is 16.8. The van der Waals surface area contributed by atoms with Crippen molar-refractivity contribution in [2.45, 2.75) is 317 Å². The molecule has 0 saturated carbocycles. The molecule has 782 valence electrons. The lowest BCUT2D eigenvalue weighted by Crippen LogP contribution is -2.63. The van der Waals surface area contributed by atoms with Crippen LogP contribution in [0.4, 0.5) is 0 Å². The van der Waals surface area contributed by atoms with E-state index in [0.717, 1.165) is 111 Å². The van der Waals surface area contributed by atoms with Crippen molar-refractivity contribution in [2.24, 2.45) is 0 Å². The van der Waals surface area contributed by atoms with Crippen molar-refractivity contribution < 1.29 is 219 Å². The number of aromatic nitrogens is 12. The van der Waals surface area contributed by atoms with Gasteiger partial charge in [-0.15, -0.1) is 20.4 Å². The van der Waals surface area contributed by atoms with E-state index in [9.17, 15) is 76.7 Å². The minimum Gasteiger partial charge on any atom is -0.463 e. The van der Waals surface area contributed by atoms with Gasteiger partial charge in [-0.05, 0) is 0 Å². The lowest BCUT2D eigenvalue weighted by Gasteiger charge is -2.45. The first-order chi connectivity index (χ1) is 67.0. The molecule has 9 rings (SSSR count). The SMILES string of the molecule is CO[C@H]1O[C@H](COCc2cn(CCO[C@H]3O[C@H](COC(C)=O)[C@@H](OC(C)=O)[C@H](OC(C)=O)[C@@H]3OC(C)=O)nn2)[C@@H](OCc2cn(CCO[C@H]3O[C@H](COC(C)=O)[C@@H](OC(C)=O)[C@H](OC(C)=O)[C@@H]3OC(C)=O)nn2)[C@H](OCc2cn(CCO[C@H]3O[C@H](COC(C)=O)[C@@H](OC(C)=O)[C@H](OC(C)=O)[C@@H]3OC(C)=O)nn2)[C@H]1OCc1cn(CCO[C@H]2O[C@H](COC(C)=O)[C@@H](OC(C)=O)[C@H](OC(C)=O)[C@@H]2OC(C)=O)nn1. The normalized spacial score (nSPS) is 27.5. The van der Waals surface area contributed by atoms with E-state index in [1.165, 1.54) is 50.6 Å².